The predicted octanol–water partition coefficient (Wildman–Crippen LogP) is 3.36. The second-order valence-corrected chi connectivity index (χ2v) is 8.00. The number of nitrogens with zero attached hydrogens (tertiary/aromatic N) is 1. The Hall–Kier alpha value is -1.38. The summed E-state index contributed by atoms with van der Waals surface area (Å²) in [6.07, 6.45) is 5.18. The molecule has 1 aromatic rings. The first-order chi connectivity index (χ1) is 10.3. The Morgan fingerprint density at radius 2 is 1.68 bits per heavy atom. The monoisotopic (exact) mass is 320 g/mol. The van der Waals surface area contributed by atoms with Gasteiger partial charge in [0.2, 0.25) is 10.0 Å². The number of benzene rings is 1. The number of rotatable bonds is 4. The lowest BCUT2D eigenvalue weighted by Crippen LogP contribution is -2.40. The lowest BCUT2D eigenvalue weighted by atomic mass is 9.85. The van der Waals surface area contributed by atoms with Crippen molar-refractivity contribution in [3.05, 3.63) is 28.8 Å². The molecule has 120 valence electrons. The van der Waals surface area contributed by atoms with Crippen molar-refractivity contribution in [3.8, 4) is 6.07 Å². The second-order valence-electron chi connectivity index (χ2n) is 6.35. The zero-order chi connectivity index (χ0) is 16.3. The first-order valence-electron chi connectivity index (χ1n) is 7.85. The van der Waals surface area contributed by atoms with Crippen molar-refractivity contribution < 1.29 is 8.42 Å². The van der Waals surface area contributed by atoms with E-state index in [0.29, 0.717) is 4.90 Å². The average Bonchev–Trinajstić information content (AvgIpc) is 2.44. The average molecular weight is 320 g/mol. The number of nitrogens with one attached hydrogen (secondary N) is 1. The Labute approximate surface area is 133 Å². The maximum Gasteiger partial charge on any atom is 0.242 e. The molecule has 1 aromatic carbocycles. The molecule has 5 heteroatoms. The summed E-state index contributed by atoms with van der Waals surface area (Å²) in [6, 6.07) is 5.25. The SMILES string of the molecule is Cc1cc(C)c(S(=O)(=O)N[C@H](C#N)C2CCCCC2)c(C)c1. The summed E-state index contributed by atoms with van der Waals surface area (Å²) in [5, 5.41) is 9.39. The molecule has 22 heavy (non-hydrogen) atoms. The second kappa shape index (κ2) is 6.80. The molecular formula is C17H24N2O2S. The third kappa shape index (κ3) is 3.68. The minimum Gasteiger partial charge on any atom is -0.207 e. The van der Waals surface area contributed by atoms with E-state index >= 15 is 0 Å². The third-order valence-electron chi connectivity index (χ3n) is 4.42. The third-order valence-corrected chi connectivity index (χ3v) is 6.16. The fourth-order valence-corrected chi connectivity index (χ4v) is 5.18. The first kappa shape index (κ1) is 17.0. The van der Waals surface area contributed by atoms with E-state index in [1.54, 1.807) is 13.8 Å². The van der Waals surface area contributed by atoms with Crippen molar-refractivity contribution in [2.24, 2.45) is 5.92 Å². The fourth-order valence-electron chi connectivity index (χ4n) is 3.51. The van der Waals surface area contributed by atoms with Crippen molar-refractivity contribution in [2.45, 2.75) is 63.8 Å². The van der Waals surface area contributed by atoms with E-state index in [0.717, 1.165) is 42.4 Å². The summed E-state index contributed by atoms with van der Waals surface area (Å²) < 4.78 is 28.1. The van der Waals surface area contributed by atoms with E-state index in [9.17, 15) is 13.7 Å². The molecule has 4 nitrogen and oxygen atoms in total. The van der Waals surface area contributed by atoms with Crippen LogP contribution >= 0.6 is 0 Å². The molecule has 0 unspecified atom stereocenters. The van der Waals surface area contributed by atoms with E-state index in [4.69, 9.17) is 0 Å². The molecular weight excluding hydrogens is 296 g/mol. The van der Waals surface area contributed by atoms with E-state index in [1.807, 2.05) is 19.1 Å². The van der Waals surface area contributed by atoms with Crippen LogP contribution < -0.4 is 4.72 Å². The summed E-state index contributed by atoms with van der Waals surface area (Å²) >= 11 is 0. The zero-order valence-electron chi connectivity index (χ0n) is 13.5. The van der Waals surface area contributed by atoms with Gasteiger partial charge in [-0.15, -0.1) is 0 Å². The van der Waals surface area contributed by atoms with Crippen molar-refractivity contribution in [2.75, 3.05) is 0 Å². The van der Waals surface area contributed by atoms with Crippen molar-refractivity contribution in [1.29, 1.82) is 5.26 Å². The van der Waals surface area contributed by atoms with Crippen molar-refractivity contribution in [3.63, 3.8) is 0 Å². The van der Waals surface area contributed by atoms with Gasteiger partial charge in [0, 0.05) is 0 Å². The van der Waals surface area contributed by atoms with Gasteiger partial charge in [-0.1, -0.05) is 37.0 Å². The van der Waals surface area contributed by atoms with Crippen LogP contribution in [0.25, 0.3) is 0 Å². The summed E-state index contributed by atoms with van der Waals surface area (Å²) in [5.74, 6) is 0.125. The summed E-state index contributed by atoms with van der Waals surface area (Å²) in [6.45, 7) is 5.55. The molecule has 0 amide bonds. The van der Waals surface area contributed by atoms with Crippen LogP contribution in [0.2, 0.25) is 0 Å². The Bertz CT molecular complexity index is 660. The molecule has 0 radical (unpaired) electrons. The highest BCUT2D eigenvalue weighted by molar-refractivity contribution is 7.89. The molecule has 0 saturated heterocycles. The molecule has 1 aliphatic rings. The van der Waals surface area contributed by atoms with Gasteiger partial charge in [-0.25, -0.2) is 8.42 Å². The van der Waals surface area contributed by atoms with Crippen LogP contribution in [0.3, 0.4) is 0 Å². The van der Waals surface area contributed by atoms with E-state index < -0.39 is 16.1 Å². The number of hydrogen-bond acceptors (Lipinski definition) is 3. The van der Waals surface area contributed by atoms with E-state index in [-0.39, 0.29) is 5.92 Å². The molecule has 0 aliphatic heterocycles. The van der Waals surface area contributed by atoms with Crippen molar-refractivity contribution in [1.82, 2.24) is 4.72 Å². The standard InChI is InChI=1S/C17H24N2O2S/c1-12-9-13(2)17(14(3)10-12)22(20,21)19-16(11-18)15-7-5-4-6-8-15/h9-10,15-16,19H,4-8H2,1-3H3/t16-/m1/s1. The Morgan fingerprint density at radius 3 is 2.18 bits per heavy atom. The molecule has 0 heterocycles. The number of nitriles is 1. The maximum atomic E-state index is 12.7. The molecule has 1 saturated carbocycles. The lowest BCUT2D eigenvalue weighted by Gasteiger charge is -2.26. The van der Waals surface area contributed by atoms with Crippen LogP contribution in [0.4, 0.5) is 0 Å². The molecule has 0 spiro atoms. The lowest BCUT2D eigenvalue weighted by molar-refractivity contribution is 0.324. The van der Waals surface area contributed by atoms with Gasteiger partial charge < -0.3 is 0 Å². The predicted molar refractivity (Wildman–Crippen MR) is 87.0 cm³/mol. The van der Waals surface area contributed by atoms with Gasteiger partial charge in [0.25, 0.3) is 0 Å². The van der Waals surface area contributed by atoms with Gasteiger partial charge >= 0.3 is 0 Å². The maximum absolute atomic E-state index is 12.7. The molecule has 1 aliphatic carbocycles. The normalized spacial score (nSPS) is 17.9. The number of sulfonamides is 1. The smallest absolute Gasteiger partial charge is 0.207 e. The Balaban J connectivity index is 2.29. The minimum atomic E-state index is -3.67. The van der Waals surface area contributed by atoms with Gasteiger partial charge in [-0.05, 0) is 50.7 Å². The van der Waals surface area contributed by atoms with E-state index in [1.165, 1.54) is 6.42 Å². The topological polar surface area (TPSA) is 70.0 Å². The van der Waals surface area contributed by atoms with Crippen LogP contribution in [-0.4, -0.2) is 14.5 Å². The largest absolute Gasteiger partial charge is 0.242 e. The molecule has 0 aromatic heterocycles. The van der Waals surface area contributed by atoms with Crippen molar-refractivity contribution >= 4 is 10.0 Å². The molecule has 1 fully saturated rings. The van der Waals surface area contributed by atoms with Crippen LogP contribution in [0.1, 0.15) is 48.8 Å². The summed E-state index contributed by atoms with van der Waals surface area (Å²) in [7, 11) is -3.67. The van der Waals surface area contributed by atoms with Gasteiger partial charge in [0.1, 0.15) is 6.04 Å². The fraction of sp³-hybridized carbons (Fsp3) is 0.588. The zero-order valence-corrected chi connectivity index (χ0v) is 14.3. The quantitative estimate of drug-likeness (QED) is 0.924. The highest BCUT2D eigenvalue weighted by atomic mass is 32.2. The molecule has 1 atom stereocenters. The highest BCUT2D eigenvalue weighted by Crippen LogP contribution is 2.28. The van der Waals surface area contributed by atoms with Gasteiger partial charge in [-0.3, -0.25) is 0 Å². The highest BCUT2D eigenvalue weighted by Gasteiger charge is 2.29. The number of hydrogen-bond donors (Lipinski definition) is 1. The Kier molecular flexibility index (Phi) is 5.25. The minimum absolute atomic E-state index is 0.125. The first-order valence-corrected chi connectivity index (χ1v) is 9.33. The Morgan fingerprint density at radius 1 is 1.14 bits per heavy atom. The van der Waals surface area contributed by atoms with Gasteiger partial charge in [0.15, 0.2) is 0 Å². The van der Waals surface area contributed by atoms with Crippen LogP contribution in [0.5, 0.6) is 0 Å². The molecule has 0 bridgehead atoms. The molecule has 2 rings (SSSR count). The van der Waals surface area contributed by atoms with Crippen LogP contribution in [-0.2, 0) is 10.0 Å². The van der Waals surface area contributed by atoms with Crippen LogP contribution in [0, 0.1) is 38.0 Å². The van der Waals surface area contributed by atoms with Crippen LogP contribution in [0.15, 0.2) is 17.0 Å². The van der Waals surface area contributed by atoms with Gasteiger partial charge in [-0.2, -0.15) is 9.98 Å². The van der Waals surface area contributed by atoms with Gasteiger partial charge in [0.05, 0.1) is 11.0 Å². The summed E-state index contributed by atoms with van der Waals surface area (Å²) in [4.78, 5) is 0.314. The number of aryl methyl sites for hydroxylation is 3. The summed E-state index contributed by atoms with van der Waals surface area (Å²) in [5.41, 5.74) is 2.49. The van der Waals surface area contributed by atoms with E-state index in [2.05, 4.69) is 10.8 Å². The molecule has 1 N–H and O–H groups in total.